The van der Waals surface area contributed by atoms with Gasteiger partial charge in [-0.1, -0.05) is 19.1 Å². The Bertz CT molecular complexity index is 502. The van der Waals surface area contributed by atoms with Gasteiger partial charge in [-0.2, -0.15) is 0 Å². The number of carbonyl (C=O) groups is 2. The van der Waals surface area contributed by atoms with Crippen molar-refractivity contribution in [3.63, 3.8) is 0 Å². The van der Waals surface area contributed by atoms with Gasteiger partial charge in [0.2, 0.25) is 11.8 Å². The second kappa shape index (κ2) is 9.84. The number of rotatable bonds is 9. The summed E-state index contributed by atoms with van der Waals surface area (Å²) >= 11 is 0. The predicted octanol–water partition coefficient (Wildman–Crippen LogP) is 1.58. The van der Waals surface area contributed by atoms with Crippen molar-refractivity contribution in [3.8, 4) is 5.75 Å². The minimum absolute atomic E-state index is 0.0600. The quantitative estimate of drug-likeness (QED) is 0.701. The van der Waals surface area contributed by atoms with E-state index in [1.54, 1.807) is 33.0 Å². The smallest absolute Gasteiger partial charge is 0.242 e. The fraction of sp³-hybridized carbons (Fsp3) is 0.529. The zero-order valence-corrected chi connectivity index (χ0v) is 14.3. The highest BCUT2D eigenvalue weighted by atomic mass is 16.5. The molecule has 0 aliphatic carbocycles. The van der Waals surface area contributed by atoms with E-state index in [4.69, 9.17) is 9.47 Å². The summed E-state index contributed by atoms with van der Waals surface area (Å²) in [7, 11) is 3.18. The molecule has 1 aromatic carbocycles. The summed E-state index contributed by atoms with van der Waals surface area (Å²) in [5.74, 6) is 0.514. The number of benzene rings is 1. The molecule has 0 spiro atoms. The second-order valence-corrected chi connectivity index (χ2v) is 5.18. The molecule has 0 aliphatic heterocycles. The number of carbonyl (C=O) groups excluding carboxylic acids is 2. The third-order valence-corrected chi connectivity index (χ3v) is 3.59. The molecule has 0 bridgehead atoms. The van der Waals surface area contributed by atoms with Crippen LogP contribution in [0.1, 0.15) is 25.8 Å². The normalized spacial score (nSPS) is 11.7. The highest BCUT2D eigenvalue weighted by molar-refractivity contribution is 5.87. The number of nitrogens with zero attached hydrogens (tertiary/aromatic N) is 1. The first kappa shape index (κ1) is 19.0. The number of nitrogens with one attached hydrogen (secondary N) is 1. The highest BCUT2D eigenvalue weighted by Gasteiger charge is 2.24. The average molecular weight is 322 g/mol. The Balaban J connectivity index is 2.78. The van der Waals surface area contributed by atoms with Crippen LogP contribution in [0, 0.1) is 0 Å². The van der Waals surface area contributed by atoms with Crippen LogP contribution in [0.15, 0.2) is 24.3 Å². The second-order valence-electron chi connectivity index (χ2n) is 5.18. The van der Waals surface area contributed by atoms with E-state index in [-0.39, 0.29) is 11.8 Å². The molecule has 1 aromatic rings. The summed E-state index contributed by atoms with van der Waals surface area (Å²) in [6.45, 7) is 4.78. The standard InChI is InChI=1S/C17H26N2O4/c1-5-16(20)19(13(2)17(21)18-10-11-22-3)12-14-6-8-15(23-4)9-7-14/h6-9,13H,5,10-12H2,1-4H3,(H,18,21). The summed E-state index contributed by atoms with van der Waals surface area (Å²) in [6.07, 6.45) is 0.353. The summed E-state index contributed by atoms with van der Waals surface area (Å²) < 4.78 is 10.0. The van der Waals surface area contributed by atoms with Crippen LogP contribution in [0.25, 0.3) is 0 Å². The molecule has 6 heteroatoms. The predicted molar refractivity (Wildman–Crippen MR) is 88.2 cm³/mol. The van der Waals surface area contributed by atoms with E-state index in [9.17, 15) is 9.59 Å². The van der Waals surface area contributed by atoms with E-state index in [1.807, 2.05) is 24.3 Å². The van der Waals surface area contributed by atoms with Gasteiger partial charge in [0, 0.05) is 26.6 Å². The zero-order valence-electron chi connectivity index (χ0n) is 14.3. The van der Waals surface area contributed by atoms with Gasteiger partial charge < -0.3 is 19.7 Å². The molecule has 0 fully saturated rings. The van der Waals surface area contributed by atoms with Crippen molar-refractivity contribution < 1.29 is 19.1 Å². The van der Waals surface area contributed by atoms with Crippen molar-refractivity contribution in [2.24, 2.45) is 0 Å². The maximum Gasteiger partial charge on any atom is 0.242 e. The van der Waals surface area contributed by atoms with Crippen molar-refractivity contribution in [2.75, 3.05) is 27.4 Å². The van der Waals surface area contributed by atoms with E-state index in [1.165, 1.54) is 0 Å². The van der Waals surface area contributed by atoms with Gasteiger partial charge in [-0.15, -0.1) is 0 Å². The SMILES string of the molecule is CCC(=O)N(Cc1ccc(OC)cc1)C(C)C(=O)NCCOC. The van der Waals surface area contributed by atoms with Crippen LogP contribution in [-0.2, 0) is 20.9 Å². The zero-order chi connectivity index (χ0) is 17.2. The van der Waals surface area contributed by atoms with Gasteiger partial charge in [0.05, 0.1) is 13.7 Å². The van der Waals surface area contributed by atoms with Gasteiger partial charge in [0.25, 0.3) is 0 Å². The fourth-order valence-electron chi connectivity index (χ4n) is 2.14. The lowest BCUT2D eigenvalue weighted by atomic mass is 10.1. The van der Waals surface area contributed by atoms with Crippen LogP contribution in [-0.4, -0.2) is 50.1 Å². The van der Waals surface area contributed by atoms with Gasteiger partial charge >= 0.3 is 0 Å². The number of hydrogen-bond donors (Lipinski definition) is 1. The molecule has 0 radical (unpaired) electrons. The lowest BCUT2D eigenvalue weighted by Gasteiger charge is -2.28. The van der Waals surface area contributed by atoms with Crippen molar-refractivity contribution in [3.05, 3.63) is 29.8 Å². The van der Waals surface area contributed by atoms with Gasteiger partial charge in [0.15, 0.2) is 0 Å². The van der Waals surface area contributed by atoms with Crippen LogP contribution >= 0.6 is 0 Å². The summed E-state index contributed by atoms with van der Waals surface area (Å²) in [5, 5.41) is 2.77. The van der Waals surface area contributed by atoms with Crippen LogP contribution in [0.4, 0.5) is 0 Å². The number of amides is 2. The topological polar surface area (TPSA) is 67.9 Å². The maximum atomic E-state index is 12.2. The monoisotopic (exact) mass is 322 g/mol. The molecule has 2 amide bonds. The lowest BCUT2D eigenvalue weighted by Crippen LogP contribution is -2.48. The maximum absolute atomic E-state index is 12.2. The van der Waals surface area contributed by atoms with E-state index >= 15 is 0 Å². The minimum Gasteiger partial charge on any atom is -0.497 e. The van der Waals surface area contributed by atoms with Crippen LogP contribution < -0.4 is 10.1 Å². The largest absolute Gasteiger partial charge is 0.497 e. The van der Waals surface area contributed by atoms with Crippen LogP contribution in [0.3, 0.4) is 0 Å². The van der Waals surface area contributed by atoms with E-state index in [0.29, 0.717) is 26.1 Å². The number of methoxy groups -OCH3 is 2. The lowest BCUT2D eigenvalue weighted by molar-refractivity contribution is -0.140. The molecule has 0 saturated heterocycles. The van der Waals surface area contributed by atoms with Crippen molar-refractivity contribution in [1.82, 2.24) is 10.2 Å². The Morgan fingerprint density at radius 3 is 2.39 bits per heavy atom. The van der Waals surface area contributed by atoms with E-state index < -0.39 is 6.04 Å². The number of hydrogen-bond acceptors (Lipinski definition) is 4. The Morgan fingerprint density at radius 2 is 1.87 bits per heavy atom. The third kappa shape index (κ3) is 5.90. The molecule has 1 N–H and O–H groups in total. The summed E-state index contributed by atoms with van der Waals surface area (Å²) in [6, 6.07) is 6.93. The molecule has 0 aliphatic rings. The van der Waals surface area contributed by atoms with Gasteiger partial charge in [0.1, 0.15) is 11.8 Å². The van der Waals surface area contributed by atoms with Gasteiger partial charge in [-0.25, -0.2) is 0 Å². The molecule has 1 atom stereocenters. The number of ether oxygens (including phenoxy) is 2. The first-order chi connectivity index (χ1) is 11.0. The fourth-order valence-corrected chi connectivity index (χ4v) is 2.14. The molecule has 0 aromatic heterocycles. The molecule has 23 heavy (non-hydrogen) atoms. The van der Waals surface area contributed by atoms with Gasteiger partial charge in [-0.3, -0.25) is 9.59 Å². The van der Waals surface area contributed by atoms with Crippen LogP contribution in [0.2, 0.25) is 0 Å². The molecule has 1 rings (SSSR count). The van der Waals surface area contributed by atoms with Gasteiger partial charge in [-0.05, 0) is 24.6 Å². The van der Waals surface area contributed by atoms with Crippen molar-refractivity contribution in [1.29, 1.82) is 0 Å². The first-order valence-corrected chi connectivity index (χ1v) is 7.72. The highest BCUT2D eigenvalue weighted by Crippen LogP contribution is 2.15. The molecular weight excluding hydrogens is 296 g/mol. The molecule has 0 saturated carbocycles. The van der Waals surface area contributed by atoms with E-state index in [2.05, 4.69) is 5.32 Å². The minimum atomic E-state index is -0.540. The molecule has 6 nitrogen and oxygen atoms in total. The van der Waals surface area contributed by atoms with Crippen LogP contribution in [0.5, 0.6) is 5.75 Å². The van der Waals surface area contributed by atoms with Crippen molar-refractivity contribution in [2.45, 2.75) is 32.9 Å². The Labute approximate surface area is 137 Å². The molecule has 0 heterocycles. The average Bonchev–Trinajstić information content (AvgIpc) is 2.59. The molecular formula is C17H26N2O4. The summed E-state index contributed by atoms with van der Waals surface area (Å²) in [4.78, 5) is 26.0. The third-order valence-electron chi connectivity index (χ3n) is 3.59. The molecule has 128 valence electrons. The summed E-state index contributed by atoms with van der Waals surface area (Å²) in [5.41, 5.74) is 0.948. The first-order valence-electron chi connectivity index (χ1n) is 7.72. The molecule has 1 unspecified atom stereocenters. The Hall–Kier alpha value is -2.08. The Kier molecular flexibility index (Phi) is 8.11. The Morgan fingerprint density at radius 1 is 1.22 bits per heavy atom. The van der Waals surface area contributed by atoms with E-state index in [0.717, 1.165) is 11.3 Å². The van der Waals surface area contributed by atoms with Crippen molar-refractivity contribution >= 4 is 11.8 Å².